The summed E-state index contributed by atoms with van der Waals surface area (Å²) in [6.45, 7) is 1.71. The van der Waals surface area contributed by atoms with Gasteiger partial charge in [-0.15, -0.1) is 0 Å². The summed E-state index contributed by atoms with van der Waals surface area (Å²) in [6.07, 6.45) is 0. The maximum atomic E-state index is 12.2. The zero-order valence-corrected chi connectivity index (χ0v) is 11.0. The first kappa shape index (κ1) is 12.3. The van der Waals surface area contributed by atoms with Crippen LogP contribution in [0.25, 0.3) is 16.6 Å². The molecule has 0 aliphatic heterocycles. The van der Waals surface area contributed by atoms with Gasteiger partial charge < -0.3 is 5.11 Å². The Bertz CT molecular complexity index is 931. The Morgan fingerprint density at radius 1 is 1.20 bits per heavy atom. The van der Waals surface area contributed by atoms with Crippen LogP contribution in [0, 0.1) is 6.92 Å². The summed E-state index contributed by atoms with van der Waals surface area (Å²) < 4.78 is 2.75. The molecule has 1 aromatic carbocycles. The molecule has 2 N–H and O–H groups in total. The average molecular weight is 271 g/mol. The van der Waals surface area contributed by atoms with Gasteiger partial charge in [0.15, 0.2) is 0 Å². The molecule has 2 heterocycles. The highest BCUT2D eigenvalue weighted by molar-refractivity contribution is 5.80. The Morgan fingerprint density at radius 2 is 1.95 bits per heavy atom. The third-order valence-corrected chi connectivity index (χ3v) is 3.35. The molecule has 6 nitrogen and oxygen atoms in total. The van der Waals surface area contributed by atoms with Crippen molar-refractivity contribution in [1.29, 1.82) is 0 Å². The highest BCUT2D eigenvalue weighted by Gasteiger charge is 2.13. The van der Waals surface area contributed by atoms with E-state index in [1.165, 1.54) is 27.4 Å². The predicted octanol–water partition coefficient (Wildman–Crippen LogP) is 1.03. The highest BCUT2D eigenvalue weighted by Crippen LogP contribution is 2.18. The molecule has 0 fully saturated rings. The topological polar surface area (TPSA) is 80.0 Å². The van der Waals surface area contributed by atoms with Crippen molar-refractivity contribution in [2.45, 2.75) is 6.92 Å². The Balaban J connectivity index is 2.45. The van der Waals surface area contributed by atoms with E-state index in [0.29, 0.717) is 22.3 Å². The molecule has 0 aliphatic carbocycles. The number of pyridine rings is 1. The number of rotatable bonds is 1. The number of aryl methyl sites for hydroxylation is 2. The molecule has 3 rings (SSSR count). The van der Waals surface area contributed by atoms with Crippen molar-refractivity contribution in [2.75, 3.05) is 0 Å². The lowest BCUT2D eigenvalue weighted by Crippen LogP contribution is -2.21. The van der Waals surface area contributed by atoms with Crippen LogP contribution in [-0.4, -0.2) is 19.5 Å². The molecule has 0 atom stereocenters. The second-order valence-corrected chi connectivity index (χ2v) is 4.69. The number of nitrogens with zero attached hydrogens (tertiary/aromatic N) is 2. The monoisotopic (exact) mass is 271 g/mol. The van der Waals surface area contributed by atoms with Gasteiger partial charge in [0.05, 0.1) is 16.6 Å². The van der Waals surface area contributed by atoms with E-state index in [1.54, 1.807) is 26.1 Å². The summed E-state index contributed by atoms with van der Waals surface area (Å²) >= 11 is 0. The standard InChI is InChI=1S/C14H13N3O3/c1-8-13-11(15-16(2)14(13)20)7-12(19)17(8)9-4-3-5-10(18)6-9/h3-7,15,18H,1-2H3. The summed E-state index contributed by atoms with van der Waals surface area (Å²) in [5.74, 6) is 0.0656. The number of hydrogen-bond acceptors (Lipinski definition) is 3. The van der Waals surface area contributed by atoms with Crippen LogP contribution in [0.5, 0.6) is 5.75 Å². The minimum absolute atomic E-state index is 0.0656. The van der Waals surface area contributed by atoms with Crippen LogP contribution in [0.15, 0.2) is 39.9 Å². The fraction of sp³-hybridized carbons (Fsp3) is 0.143. The van der Waals surface area contributed by atoms with Gasteiger partial charge in [-0.1, -0.05) is 6.07 Å². The normalized spacial score (nSPS) is 11.1. The number of aromatic hydroxyl groups is 1. The maximum Gasteiger partial charge on any atom is 0.275 e. The lowest BCUT2D eigenvalue weighted by atomic mass is 10.2. The minimum atomic E-state index is -0.262. The van der Waals surface area contributed by atoms with Gasteiger partial charge in [0.2, 0.25) is 0 Å². The van der Waals surface area contributed by atoms with Gasteiger partial charge in [-0.2, -0.15) is 0 Å². The maximum absolute atomic E-state index is 12.2. The molecule has 6 heteroatoms. The van der Waals surface area contributed by atoms with E-state index in [1.807, 2.05) is 0 Å². The van der Waals surface area contributed by atoms with Gasteiger partial charge in [0.1, 0.15) is 5.75 Å². The van der Waals surface area contributed by atoms with Crippen molar-refractivity contribution in [3.63, 3.8) is 0 Å². The zero-order chi connectivity index (χ0) is 14.4. The molecule has 0 spiro atoms. The van der Waals surface area contributed by atoms with Gasteiger partial charge in [-0.25, -0.2) is 0 Å². The molecular formula is C14H13N3O3. The van der Waals surface area contributed by atoms with Crippen LogP contribution in [0.4, 0.5) is 0 Å². The van der Waals surface area contributed by atoms with E-state index in [0.717, 1.165) is 0 Å². The van der Waals surface area contributed by atoms with Gasteiger partial charge in [0, 0.05) is 24.9 Å². The number of aromatic amines is 1. The van der Waals surface area contributed by atoms with E-state index in [-0.39, 0.29) is 16.9 Å². The van der Waals surface area contributed by atoms with E-state index in [2.05, 4.69) is 5.10 Å². The second kappa shape index (κ2) is 4.12. The number of aromatic nitrogens is 3. The van der Waals surface area contributed by atoms with E-state index in [4.69, 9.17) is 0 Å². The Labute approximate surface area is 113 Å². The molecule has 0 saturated heterocycles. The number of phenolic OH excluding ortho intramolecular Hbond substituents is 1. The third kappa shape index (κ3) is 1.65. The summed E-state index contributed by atoms with van der Waals surface area (Å²) in [7, 11) is 1.60. The van der Waals surface area contributed by atoms with Crippen LogP contribution in [-0.2, 0) is 7.05 Å². The minimum Gasteiger partial charge on any atom is -0.508 e. The zero-order valence-electron chi connectivity index (χ0n) is 11.0. The van der Waals surface area contributed by atoms with Crippen molar-refractivity contribution < 1.29 is 5.11 Å². The summed E-state index contributed by atoms with van der Waals surface area (Å²) in [4.78, 5) is 24.3. The van der Waals surface area contributed by atoms with E-state index in [9.17, 15) is 14.7 Å². The molecule has 0 aliphatic rings. The Kier molecular flexibility index (Phi) is 2.53. The first-order valence-corrected chi connectivity index (χ1v) is 6.10. The van der Waals surface area contributed by atoms with Crippen LogP contribution in [0.2, 0.25) is 0 Å². The summed E-state index contributed by atoms with van der Waals surface area (Å²) in [5.41, 5.74) is 1.13. The van der Waals surface area contributed by atoms with Gasteiger partial charge in [0.25, 0.3) is 11.1 Å². The summed E-state index contributed by atoms with van der Waals surface area (Å²) in [5, 5.41) is 12.8. The van der Waals surface area contributed by atoms with E-state index < -0.39 is 0 Å². The number of fused-ring (bicyclic) bond motifs is 1. The lowest BCUT2D eigenvalue weighted by molar-refractivity contribution is 0.475. The van der Waals surface area contributed by atoms with Gasteiger partial charge in [-0.05, 0) is 19.1 Å². The quantitative estimate of drug-likeness (QED) is 0.693. The van der Waals surface area contributed by atoms with E-state index >= 15 is 0 Å². The molecule has 3 aromatic rings. The second-order valence-electron chi connectivity index (χ2n) is 4.69. The molecule has 20 heavy (non-hydrogen) atoms. The largest absolute Gasteiger partial charge is 0.508 e. The lowest BCUT2D eigenvalue weighted by Gasteiger charge is -2.10. The predicted molar refractivity (Wildman–Crippen MR) is 75.5 cm³/mol. The first-order chi connectivity index (χ1) is 9.49. The van der Waals surface area contributed by atoms with Crippen molar-refractivity contribution >= 4 is 10.9 Å². The first-order valence-electron chi connectivity index (χ1n) is 6.10. The van der Waals surface area contributed by atoms with Crippen molar-refractivity contribution in [1.82, 2.24) is 14.3 Å². The number of H-pyrrole nitrogens is 1. The smallest absolute Gasteiger partial charge is 0.275 e. The molecular weight excluding hydrogens is 258 g/mol. The van der Waals surface area contributed by atoms with Crippen LogP contribution in [0.3, 0.4) is 0 Å². The number of nitrogens with one attached hydrogen (secondary N) is 1. The molecule has 0 unspecified atom stereocenters. The van der Waals surface area contributed by atoms with Crippen LogP contribution < -0.4 is 11.1 Å². The highest BCUT2D eigenvalue weighted by atomic mass is 16.3. The van der Waals surface area contributed by atoms with Crippen LogP contribution >= 0.6 is 0 Å². The molecule has 102 valence electrons. The Morgan fingerprint density at radius 3 is 2.65 bits per heavy atom. The Hall–Kier alpha value is -2.76. The van der Waals surface area contributed by atoms with Crippen molar-refractivity contribution in [3.05, 3.63) is 56.7 Å². The van der Waals surface area contributed by atoms with Crippen molar-refractivity contribution in [2.24, 2.45) is 7.05 Å². The van der Waals surface area contributed by atoms with Gasteiger partial charge >= 0.3 is 0 Å². The van der Waals surface area contributed by atoms with Gasteiger partial charge in [-0.3, -0.25) is 23.9 Å². The fourth-order valence-corrected chi connectivity index (χ4v) is 2.44. The molecule has 2 aromatic heterocycles. The summed E-state index contributed by atoms with van der Waals surface area (Å²) in [6, 6.07) is 7.75. The average Bonchev–Trinajstić information content (AvgIpc) is 2.65. The van der Waals surface area contributed by atoms with Crippen LogP contribution in [0.1, 0.15) is 5.69 Å². The SMILES string of the molecule is Cc1c2c(=O)n(C)[nH]c2cc(=O)n1-c1cccc(O)c1. The number of hydrogen-bond donors (Lipinski definition) is 2. The molecule has 0 bridgehead atoms. The van der Waals surface area contributed by atoms with Crippen molar-refractivity contribution in [3.8, 4) is 11.4 Å². The molecule has 0 amide bonds. The molecule has 0 saturated carbocycles. The third-order valence-electron chi connectivity index (χ3n) is 3.35. The number of benzene rings is 1. The molecule has 0 radical (unpaired) electrons. The fourth-order valence-electron chi connectivity index (χ4n) is 2.44. The number of phenols is 1.